The summed E-state index contributed by atoms with van der Waals surface area (Å²) in [6, 6.07) is 9.60. The summed E-state index contributed by atoms with van der Waals surface area (Å²) in [5.41, 5.74) is 2.01. The molecule has 7 heteroatoms. The van der Waals surface area contributed by atoms with E-state index in [9.17, 15) is 5.11 Å². The van der Waals surface area contributed by atoms with Crippen LogP contribution in [0.25, 0.3) is 11.3 Å². The summed E-state index contributed by atoms with van der Waals surface area (Å²) >= 11 is 0. The number of rotatable bonds is 6. The minimum absolute atomic E-state index is 0.464. The second-order valence-electron chi connectivity index (χ2n) is 7.73. The minimum Gasteiger partial charge on any atom is -0.497 e. The molecule has 3 heterocycles. The molecule has 0 radical (unpaired) electrons. The van der Waals surface area contributed by atoms with Crippen LogP contribution in [0, 0.1) is 6.92 Å². The molecule has 1 aliphatic rings. The van der Waals surface area contributed by atoms with Gasteiger partial charge in [-0.15, -0.1) is 0 Å². The van der Waals surface area contributed by atoms with Crippen LogP contribution in [0.5, 0.6) is 5.75 Å². The third-order valence-corrected chi connectivity index (χ3v) is 5.46. The minimum atomic E-state index is -0.772. The van der Waals surface area contributed by atoms with Crippen LogP contribution in [-0.4, -0.2) is 50.9 Å². The van der Waals surface area contributed by atoms with E-state index >= 15 is 0 Å². The van der Waals surface area contributed by atoms with Crippen LogP contribution < -0.4 is 4.74 Å². The Morgan fingerprint density at radius 1 is 1.17 bits per heavy atom. The number of piperidine rings is 1. The van der Waals surface area contributed by atoms with E-state index in [4.69, 9.17) is 9.26 Å². The number of aryl methyl sites for hydroxylation is 1. The Morgan fingerprint density at radius 3 is 2.66 bits per heavy atom. The first kappa shape index (κ1) is 19.5. The van der Waals surface area contributed by atoms with Gasteiger partial charge < -0.3 is 14.4 Å². The van der Waals surface area contributed by atoms with Crippen LogP contribution in [0.15, 0.2) is 47.2 Å². The van der Waals surface area contributed by atoms with Crippen molar-refractivity contribution in [2.45, 2.75) is 38.3 Å². The highest BCUT2D eigenvalue weighted by Gasteiger charge is 2.33. The van der Waals surface area contributed by atoms with E-state index in [0.29, 0.717) is 25.0 Å². The van der Waals surface area contributed by atoms with Crippen LogP contribution in [0.2, 0.25) is 0 Å². The lowest BCUT2D eigenvalue weighted by Crippen LogP contribution is -2.45. The average Bonchev–Trinajstić information content (AvgIpc) is 3.19. The van der Waals surface area contributed by atoms with Gasteiger partial charge in [0.15, 0.2) is 0 Å². The van der Waals surface area contributed by atoms with Gasteiger partial charge in [0.25, 0.3) is 0 Å². The Kier molecular flexibility index (Phi) is 5.60. The van der Waals surface area contributed by atoms with Gasteiger partial charge in [0.1, 0.15) is 23.0 Å². The van der Waals surface area contributed by atoms with Crippen molar-refractivity contribution in [3.05, 3.63) is 59.9 Å². The van der Waals surface area contributed by atoms with Gasteiger partial charge in [0, 0.05) is 55.6 Å². The summed E-state index contributed by atoms with van der Waals surface area (Å²) in [6.45, 7) is 4.33. The molecule has 1 aliphatic heterocycles. The van der Waals surface area contributed by atoms with Gasteiger partial charge in [0.2, 0.25) is 0 Å². The highest BCUT2D eigenvalue weighted by atomic mass is 16.5. The van der Waals surface area contributed by atoms with E-state index in [2.05, 4.69) is 20.0 Å². The Hall–Kier alpha value is -2.77. The molecule has 0 aliphatic carbocycles. The zero-order chi connectivity index (χ0) is 20.3. The molecular formula is C22H26N4O3. The fourth-order valence-electron chi connectivity index (χ4n) is 3.70. The molecular weight excluding hydrogens is 368 g/mol. The fraction of sp³-hybridized carbons (Fsp3) is 0.409. The predicted octanol–water partition coefficient (Wildman–Crippen LogP) is 3.02. The van der Waals surface area contributed by atoms with Crippen LogP contribution in [0.4, 0.5) is 0 Å². The Bertz CT molecular complexity index is 947. The highest BCUT2D eigenvalue weighted by Crippen LogP contribution is 2.29. The summed E-state index contributed by atoms with van der Waals surface area (Å²) in [4.78, 5) is 10.8. The van der Waals surface area contributed by atoms with Crippen molar-refractivity contribution in [3.8, 4) is 17.0 Å². The molecule has 1 N–H and O–H groups in total. The van der Waals surface area contributed by atoms with Gasteiger partial charge in [-0.3, -0.25) is 4.90 Å². The van der Waals surface area contributed by atoms with Gasteiger partial charge in [-0.2, -0.15) is 0 Å². The summed E-state index contributed by atoms with van der Waals surface area (Å²) < 4.78 is 10.8. The van der Waals surface area contributed by atoms with E-state index in [0.717, 1.165) is 48.0 Å². The monoisotopic (exact) mass is 394 g/mol. The number of nitrogens with zero attached hydrogens (tertiary/aromatic N) is 4. The number of ether oxygens (including phenoxy) is 1. The van der Waals surface area contributed by atoms with Crippen molar-refractivity contribution in [1.82, 2.24) is 20.0 Å². The maximum absolute atomic E-state index is 11.0. The smallest absolute Gasteiger partial charge is 0.140 e. The van der Waals surface area contributed by atoms with Crippen molar-refractivity contribution >= 4 is 0 Å². The number of hydrogen-bond donors (Lipinski definition) is 1. The number of aromatic nitrogens is 3. The molecule has 152 valence electrons. The molecule has 2 aromatic heterocycles. The molecule has 0 atom stereocenters. The second-order valence-corrected chi connectivity index (χ2v) is 7.73. The highest BCUT2D eigenvalue weighted by molar-refractivity contribution is 5.60. The molecule has 0 bridgehead atoms. The molecule has 0 spiro atoms. The first-order valence-electron chi connectivity index (χ1n) is 9.85. The van der Waals surface area contributed by atoms with Crippen LogP contribution in [0.3, 0.4) is 0 Å². The molecule has 3 aromatic rings. The fourth-order valence-corrected chi connectivity index (χ4v) is 3.70. The summed E-state index contributed by atoms with van der Waals surface area (Å²) in [5.74, 6) is 2.25. The van der Waals surface area contributed by atoms with E-state index in [1.54, 1.807) is 7.11 Å². The molecule has 0 saturated carbocycles. The van der Waals surface area contributed by atoms with Gasteiger partial charge in [-0.25, -0.2) is 9.97 Å². The van der Waals surface area contributed by atoms with Crippen molar-refractivity contribution in [2.75, 3.05) is 20.2 Å². The first-order chi connectivity index (χ1) is 14.0. The van der Waals surface area contributed by atoms with Gasteiger partial charge in [-0.05, 0) is 31.9 Å². The van der Waals surface area contributed by atoms with E-state index in [1.165, 1.54) is 0 Å². The summed E-state index contributed by atoms with van der Waals surface area (Å²) in [7, 11) is 1.64. The molecule has 0 amide bonds. The maximum atomic E-state index is 11.0. The third-order valence-electron chi connectivity index (χ3n) is 5.46. The number of hydrogen-bond acceptors (Lipinski definition) is 7. The lowest BCUT2D eigenvalue weighted by molar-refractivity contribution is -0.0265. The van der Waals surface area contributed by atoms with Crippen molar-refractivity contribution < 1.29 is 14.4 Å². The van der Waals surface area contributed by atoms with Gasteiger partial charge in [-0.1, -0.05) is 17.3 Å². The van der Waals surface area contributed by atoms with E-state index < -0.39 is 5.60 Å². The number of aliphatic hydroxyl groups is 1. The Balaban J connectivity index is 1.35. The number of methoxy groups -OCH3 is 1. The van der Waals surface area contributed by atoms with Crippen molar-refractivity contribution in [2.24, 2.45) is 0 Å². The molecule has 1 aromatic carbocycles. The number of likely N-dealkylation sites (tertiary alicyclic amines) is 1. The topological polar surface area (TPSA) is 84.5 Å². The van der Waals surface area contributed by atoms with E-state index in [-0.39, 0.29) is 0 Å². The predicted molar refractivity (Wildman–Crippen MR) is 108 cm³/mol. The standard InChI is InChI=1S/C22H26N4O3/c1-16-23-13-17(14-24-16)15-26-8-6-22(27,7-9-26)12-20-11-21(25-29-20)18-4-3-5-19(10-18)28-2/h3-5,10-11,13-14,27H,6-9,12,15H2,1-2H3. The Morgan fingerprint density at radius 2 is 1.93 bits per heavy atom. The zero-order valence-corrected chi connectivity index (χ0v) is 16.8. The second kappa shape index (κ2) is 8.31. The SMILES string of the molecule is COc1cccc(-c2cc(CC3(O)CCN(Cc4cnc(C)nc4)CC3)on2)c1. The van der Waals surface area contributed by atoms with Crippen LogP contribution in [0.1, 0.15) is 30.0 Å². The van der Waals surface area contributed by atoms with E-state index in [1.807, 2.05) is 49.6 Å². The average molecular weight is 394 g/mol. The maximum Gasteiger partial charge on any atom is 0.140 e. The molecule has 1 fully saturated rings. The van der Waals surface area contributed by atoms with Crippen molar-refractivity contribution in [3.63, 3.8) is 0 Å². The van der Waals surface area contributed by atoms with Crippen LogP contribution >= 0.6 is 0 Å². The molecule has 0 unspecified atom stereocenters. The van der Waals surface area contributed by atoms with Crippen molar-refractivity contribution in [1.29, 1.82) is 0 Å². The third kappa shape index (κ3) is 4.81. The molecule has 4 rings (SSSR count). The first-order valence-corrected chi connectivity index (χ1v) is 9.85. The lowest BCUT2D eigenvalue weighted by atomic mass is 9.87. The summed E-state index contributed by atoms with van der Waals surface area (Å²) in [5, 5.41) is 15.2. The van der Waals surface area contributed by atoms with Gasteiger partial charge in [0.05, 0.1) is 12.7 Å². The zero-order valence-electron chi connectivity index (χ0n) is 16.8. The number of benzene rings is 1. The Labute approximate surface area is 170 Å². The normalized spacial score (nSPS) is 16.7. The van der Waals surface area contributed by atoms with Gasteiger partial charge >= 0.3 is 0 Å². The molecule has 7 nitrogen and oxygen atoms in total. The summed E-state index contributed by atoms with van der Waals surface area (Å²) in [6.07, 6.45) is 5.59. The molecule has 29 heavy (non-hydrogen) atoms. The largest absolute Gasteiger partial charge is 0.497 e. The van der Waals surface area contributed by atoms with Crippen LogP contribution in [-0.2, 0) is 13.0 Å². The quantitative estimate of drug-likeness (QED) is 0.688. The lowest BCUT2D eigenvalue weighted by Gasteiger charge is -2.37. The molecule has 1 saturated heterocycles.